The van der Waals surface area contributed by atoms with Crippen molar-refractivity contribution in [2.24, 2.45) is 0 Å². The average Bonchev–Trinajstić information content (AvgIpc) is 3.02. The molecule has 1 saturated heterocycles. The number of likely N-dealkylation sites (N-methyl/N-ethyl adjacent to an activating group) is 1. The molecule has 0 amide bonds. The van der Waals surface area contributed by atoms with Crippen LogP contribution in [0.5, 0.6) is 11.5 Å². The summed E-state index contributed by atoms with van der Waals surface area (Å²) in [6.45, 7) is 7.65. The molecule has 6 heteroatoms. The normalized spacial score (nSPS) is 19.1. The van der Waals surface area contributed by atoms with E-state index in [1.54, 1.807) is 30.3 Å². The maximum Gasteiger partial charge on any atom is 0.231 e. The number of phenolic OH excluding ortho intramolecular Hbond substituents is 1. The molecule has 2 aromatic rings. The number of benzene rings is 2. The van der Waals surface area contributed by atoms with E-state index in [9.17, 15) is 9.90 Å². The van der Waals surface area contributed by atoms with Gasteiger partial charge in [0.2, 0.25) is 5.78 Å². The molecule has 0 atom stereocenters. The average molecular weight is 399 g/mol. The molecule has 1 N–H and O–H groups in total. The van der Waals surface area contributed by atoms with E-state index in [0.29, 0.717) is 28.4 Å². The molecule has 28 heavy (non-hydrogen) atoms. The Morgan fingerprint density at radius 1 is 1.07 bits per heavy atom. The van der Waals surface area contributed by atoms with Gasteiger partial charge in [0.25, 0.3) is 0 Å². The predicted octanol–water partition coefficient (Wildman–Crippen LogP) is 3.80. The number of nitrogens with zero attached hydrogens (tertiary/aromatic N) is 2. The fourth-order valence-electron chi connectivity index (χ4n) is 3.65. The molecule has 0 bridgehead atoms. The van der Waals surface area contributed by atoms with Crippen LogP contribution in [0.3, 0.4) is 0 Å². The Morgan fingerprint density at radius 2 is 1.75 bits per heavy atom. The third kappa shape index (κ3) is 3.78. The molecule has 5 nitrogen and oxygen atoms in total. The van der Waals surface area contributed by atoms with Gasteiger partial charge in [-0.1, -0.05) is 30.7 Å². The molecule has 146 valence electrons. The Kier molecular flexibility index (Phi) is 5.40. The minimum absolute atomic E-state index is 0.164. The van der Waals surface area contributed by atoms with Crippen molar-refractivity contribution in [3.8, 4) is 11.5 Å². The number of hydrogen-bond acceptors (Lipinski definition) is 5. The third-order valence-corrected chi connectivity index (χ3v) is 5.63. The van der Waals surface area contributed by atoms with Gasteiger partial charge in [-0.2, -0.15) is 0 Å². The van der Waals surface area contributed by atoms with Crippen molar-refractivity contribution in [3.63, 3.8) is 0 Å². The maximum atomic E-state index is 12.8. The molecule has 0 spiro atoms. The van der Waals surface area contributed by atoms with Crippen molar-refractivity contribution in [1.82, 2.24) is 9.80 Å². The Balaban J connectivity index is 1.58. The van der Waals surface area contributed by atoms with Gasteiger partial charge in [0.05, 0.1) is 11.1 Å². The summed E-state index contributed by atoms with van der Waals surface area (Å²) in [5.41, 5.74) is 2.01. The van der Waals surface area contributed by atoms with Gasteiger partial charge in [0, 0.05) is 37.7 Å². The molecule has 1 fully saturated rings. The lowest BCUT2D eigenvalue weighted by Crippen LogP contribution is -2.45. The fraction of sp³-hybridized carbons (Fsp3) is 0.318. The number of allylic oxidation sites excluding steroid dienone is 1. The molecule has 2 aromatic carbocycles. The number of ether oxygens (including phenoxy) is 1. The minimum Gasteiger partial charge on any atom is -0.507 e. The molecule has 2 aliphatic rings. The summed E-state index contributed by atoms with van der Waals surface area (Å²) in [4.78, 5) is 17.5. The number of aromatic hydroxyl groups is 1. The van der Waals surface area contributed by atoms with Gasteiger partial charge in [-0.15, -0.1) is 0 Å². The standard InChI is InChI=1S/C22H23ClN2O3/c1-2-24-9-11-25(12-10-24)14-18-19(26)8-7-17-21(27)20(28-22(17)18)13-15-3-5-16(23)6-4-15/h3-8,13,26H,2,9-12,14H2,1H3. The van der Waals surface area contributed by atoms with Crippen molar-refractivity contribution in [3.05, 3.63) is 63.9 Å². The minimum atomic E-state index is -0.165. The summed E-state index contributed by atoms with van der Waals surface area (Å²) in [5, 5.41) is 11.1. The SMILES string of the molecule is CCN1CCN(Cc2c(O)ccc3c2OC(=Cc2ccc(Cl)cc2)C3=O)CC1. The monoisotopic (exact) mass is 398 g/mol. The predicted molar refractivity (Wildman–Crippen MR) is 110 cm³/mol. The lowest BCUT2D eigenvalue weighted by Gasteiger charge is -2.34. The number of carbonyl (C=O) groups is 1. The Bertz CT molecular complexity index is 916. The molecule has 0 saturated carbocycles. The number of ketones is 1. The van der Waals surface area contributed by atoms with Gasteiger partial charge in [0.1, 0.15) is 11.5 Å². The van der Waals surface area contributed by atoms with Crippen molar-refractivity contribution >= 4 is 23.5 Å². The highest BCUT2D eigenvalue weighted by Gasteiger charge is 2.32. The quantitative estimate of drug-likeness (QED) is 0.794. The molecule has 0 aliphatic carbocycles. The Labute approximate surface area is 169 Å². The first-order chi connectivity index (χ1) is 13.5. The van der Waals surface area contributed by atoms with Crippen LogP contribution >= 0.6 is 11.6 Å². The summed E-state index contributed by atoms with van der Waals surface area (Å²) < 4.78 is 5.93. The van der Waals surface area contributed by atoms with E-state index in [1.807, 2.05) is 12.1 Å². The van der Waals surface area contributed by atoms with Gasteiger partial charge in [-0.25, -0.2) is 0 Å². The zero-order chi connectivity index (χ0) is 19.7. The van der Waals surface area contributed by atoms with Gasteiger partial charge in [0.15, 0.2) is 5.76 Å². The number of hydrogen-bond donors (Lipinski definition) is 1. The van der Waals surface area contributed by atoms with Crippen molar-refractivity contribution in [1.29, 1.82) is 0 Å². The van der Waals surface area contributed by atoms with Crippen LogP contribution in [-0.4, -0.2) is 53.4 Å². The number of fused-ring (bicyclic) bond motifs is 1. The summed E-state index contributed by atoms with van der Waals surface area (Å²) in [6, 6.07) is 10.4. The maximum absolute atomic E-state index is 12.8. The van der Waals surface area contributed by atoms with Crippen LogP contribution in [0.25, 0.3) is 6.08 Å². The van der Waals surface area contributed by atoms with Crippen molar-refractivity contribution in [2.75, 3.05) is 32.7 Å². The van der Waals surface area contributed by atoms with Gasteiger partial charge in [-0.05, 0) is 42.4 Å². The van der Waals surface area contributed by atoms with E-state index in [2.05, 4.69) is 16.7 Å². The van der Waals surface area contributed by atoms with E-state index in [1.165, 1.54) is 0 Å². The van der Waals surface area contributed by atoms with Crippen LogP contribution < -0.4 is 4.74 Å². The van der Waals surface area contributed by atoms with Gasteiger partial charge in [-0.3, -0.25) is 9.69 Å². The second kappa shape index (κ2) is 7.95. The molecule has 0 aromatic heterocycles. The Hall–Kier alpha value is -2.34. The number of halogens is 1. The molecule has 0 radical (unpaired) electrons. The van der Waals surface area contributed by atoms with Crippen LogP contribution in [0.2, 0.25) is 5.02 Å². The number of phenols is 1. The van der Waals surface area contributed by atoms with Crippen LogP contribution in [0, 0.1) is 0 Å². The highest BCUT2D eigenvalue weighted by Crippen LogP contribution is 2.40. The van der Waals surface area contributed by atoms with E-state index in [4.69, 9.17) is 16.3 Å². The second-order valence-corrected chi connectivity index (χ2v) is 7.58. The number of rotatable bonds is 4. The van der Waals surface area contributed by atoms with Gasteiger partial charge >= 0.3 is 0 Å². The second-order valence-electron chi connectivity index (χ2n) is 7.14. The zero-order valence-corrected chi connectivity index (χ0v) is 16.6. The van der Waals surface area contributed by atoms with Crippen LogP contribution in [0.1, 0.15) is 28.4 Å². The summed E-state index contributed by atoms with van der Waals surface area (Å²) in [6.07, 6.45) is 1.71. The Morgan fingerprint density at radius 3 is 2.43 bits per heavy atom. The van der Waals surface area contributed by atoms with E-state index < -0.39 is 0 Å². The van der Waals surface area contributed by atoms with Crippen molar-refractivity contribution in [2.45, 2.75) is 13.5 Å². The van der Waals surface area contributed by atoms with E-state index in [0.717, 1.165) is 38.3 Å². The molecule has 2 aliphatic heterocycles. The van der Waals surface area contributed by atoms with Gasteiger partial charge < -0.3 is 14.7 Å². The topological polar surface area (TPSA) is 53.0 Å². The van der Waals surface area contributed by atoms with Crippen LogP contribution in [0.4, 0.5) is 0 Å². The van der Waals surface area contributed by atoms with Crippen LogP contribution in [0.15, 0.2) is 42.2 Å². The molecule has 0 unspecified atom stereocenters. The summed E-state index contributed by atoms with van der Waals surface area (Å²) in [7, 11) is 0. The lowest BCUT2D eigenvalue weighted by atomic mass is 10.0. The van der Waals surface area contributed by atoms with Crippen LogP contribution in [-0.2, 0) is 6.54 Å². The first-order valence-corrected chi connectivity index (χ1v) is 9.92. The summed E-state index contributed by atoms with van der Waals surface area (Å²) >= 11 is 5.92. The lowest BCUT2D eigenvalue weighted by molar-refractivity contribution is 0.101. The number of Topliss-reactive ketones (excluding diaryl/α,β-unsaturated/α-hetero) is 1. The molecule has 4 rings (SSSR count). The highest BCUT2D eigenvalue weighted by atomic mass is 35.5. The molecular formula is C22H23ClN2O3. The number of carbonyl (C=O) groups excluding carboxylic acids is 1. The molecule has 2 heterocycles. The first kappa shape index (κ1) is 19.0. The van der Waals surface area contributed by atoms with E-state index in [-0.39, 0.29) is 17.3 Å². The zero-order valence-electron chi connectivity index (χ0n) is 15.8. The van der Waals surface area contributed by atoms with Crippen molar-refractivity contribution < 1.29 is 14.6 Å². The summed E-state index contributed by atoms with van der Waals surface area (Å²) in [5.74, 6) is 0.738. The fourth-order valence-corrected chi connectivity index (χ4v) is 3.77. The highest BCUT2D eigenvalue weighted by molar-refractivity contribution is 6.30. The first-order valence-electron chi connectivity index (χ1n) is 9.54. The number of piperazine rings is 1. The third-order valence-electron chi connectivity index (χ3n) is 5.38. The van der Waals surface area contributed by atoms with E-state index >= 15 is 0 Å². The largest absolute Gasteiger partial charge is 0.507 e. The molecular weight excluding hydrogens is 376 g/mol. The smallest absolute Gasteiger partial charge is 0.231 e.